The van der Waals surface area contributed by atoms with Crippen molar-refractivity contribution in [2.45, 2.75) is 96.9 Å². The highest BCUT2D eigenvalue weighted by molar-refractivity contribution is 7.91. The molecule has 1 atom stereocenters. The normalized spacial score (nSPS) is 21.2. The lowest BCUT2D eigenvalue weighted by atomic mass is 9.86. The van der Waals surface area contributed by atoms with Crippen LogP contribution in [0.25, 0.3) is 0 Å². The predicted octanol–water partition coefficient (Wildman–Crippen LogP) is 4.81. The Morgan fingerprint density at radius 1 is 0.783 bits per heavy atom. The zero-order chi connectivity index (χ0) is 17.2. The van der Waals surface area contributed by atoms with Gasteiger partial charge in [0.2, 0.25) is 0 Å². The number of unbranched alkanes of at least 4 members (excludes halogenated alkanes) is 7. The van der Waals surface area contributed by atoms with Gasteiger partial charge in [0.05, 0.1) is 11.5 Å². The van der Waals surface area contributed by atoms with Gasteiger partial charge in [0.15, 0.2) is 9.84 Å². The van der Waals surface area contributed by atoms with Gasteiger partial charge in [0.1, 0.15) is 0 Å². The summed E-state index contributed by atoms with van der Waals surface area (Å²) in [6, 6.07) is 0. The highest BCUT2D eigenvalue weighted by Gasteiger charge is 2.34. The first-order valence-corrected chi connectivity index (χ1v) is 11.7. The van der Waals surface area contributed by atoms with E-state index in [4.69, 9.17) is 0 Å². The minimum atomic E-state index is -2.78. The van der Waals surface area contributed by atoms with E-state index < -0.39 is 9.84 Å². The summed E-state index contributed by atoms with van der Waals surface area (Å²) in [4.78, 5) is 2.49. The molecule has 0 saturated carbocycles. The summed E-state index contributed by atoms with van der Waals surface area (Å²) < 4.78 is 23.5. The summed E-state index contributed by atoms with van der Waals surface area (Å²) in [5.74, 6) is 0.709. The van der Waals surface area contributed by atoms with Crippen LogP contribution < -0.4 is 0 Å². The van der Waals surface area contributed by atoms with Crippen molar-refractivity contribution in [1.82, 2.24) is 4.90 Å². The molecular weight excluding hydrogens is 306 g/mol. The summed E-state index contributed by atoms with van der Waals surface area (Å²) in [6.45, 7) is 8.37. The van der Waals surface area contributed by atoms with Crippen LogP contribution in [0.2, 0.25) is 0 Å². The number of rotatable bonds is 12. The molecule has 0 radical (unpaired) electrons. The third-order valence-electron chi connectivity index (χ3n) is 5.50. The summed E-state index contributed by atoms with van der Waals surface area (Å²) in [5.41, 5.74) is 0.204. The Balaban J connectivity index is 2.52. The van der Waals surface area contributed by atoms with Crippen molar-refractivity contribution in [3.8, 4) is 0 Å². The molecule has 1 fully saturated rings. The fraction of sp³-hybridized carbons (Fsp3) is 1.00. The first kappa shape index (κ1) is 21.0. The maximum Gasteiger partial charge on any atom is 0.152 e. The van der Waals surface area contributed by atoms with Gasteiger partial charge in [0.25, 0.3) is 0 Å². The standard InChI is InChI=1S/C19H39NO2S/c1-4-6-8-10-12-14-19(3,13-11-9-7-5-2)20-15-17-23(21,22)18-16-20/h4-18H2,1-3H3. The van der Waals surface area contributed by atoms with Crippen LogP contribution in [-0.2, 0) is 9.84 Å². The molecule has 1 aliphatic heterocycles. The van der Waals surface area contributed by atoms with E-state index in [9.17, 15) is 8.42 Å². The molecule has 0 aromatic heterocycles. The van der Waals surface area contributed by atoms with E-state index in [0.717, 1.165) is 13.1 Å². The maximum atomic E-state index is 11.7. The number of hydrogen-bond donors (Lipinski definition) is 0. The van der Waals surface area contributed by atoms with Gasteiger partial charge in [-0.3, -0.25) is 4.90 Å². The van der Waals surface area contributed by atoms with E-state index in [1.807, 2.05) is 0 Å². The lowest BCUT2D eigenvalue weighted by molar-refractivity contribution is 0.0893. The van der Waals surface area contributed by atoms with Crippen molar-refractivity contribution < 1.29 is 8.42 Å². The average molecular weight is 346 g/mol. The SMILES string of the molecule is CCCCCCCC(C)(CCCCCC)N1CCS(=O)(=O)CC1. The monoisotopic (exact) mass is 345 g/mol. The van der Waals surface area contributed by atoms with Crippen LogP contribution in [0.5, 0.6) is 0 Å². The second kappa shape index (κ2) is 10.7. The minimum Gasteiger partial charge on any atom is -0.296 e. The van der Waals surface area contributed by atoms with Crippen molar-refractivity contribution in [3.63, 3.8) is 0 Å². The van der Waals surface area contributed by atoms with E-state index in [2.05, 4.69) is 25.7 Å². The molecule has 1 aliphatic rings. The Morgan fingerprint density at radius 2 is 1.22 bits per heavy atom. The molecule has 1 unspecified atom stereocenters. The molecule has 138 valence electrons. The molecule has 0 bridgehead atoms. The average Bonchev–Trinajstić information content (AvgIpc) is 2.51. The quantitative estimate of drug-likeness (QED) is 0.476. The lowest BCUT2D eigenvalue weighted by Crippen LogP contribution is -2.53. The van der Waals surface area contributed by atoms with Gasteiger partial charge in [-0.1, -0.05) is 71.6 Å². The second-order valence-electron chi connectivity index (χ2n) is 7.61. The van der Waals surface area contributed by atoms with Crippen molar-refractivity contribution in [1.29, 1.82) is 0 Å². The Hall–Kier alpha value is -0.0900. The maximum absolute atomic E-state index is 11.7. The van der Waals surface area contributed by atoms with E-state index in [0.29, 0.717) is 11.5 Å². The largest absolute Gasteiger partial charge is 0.296 e. The van der Waals surface area contributed by atoms with Crippen molar-refractivity contribution in [3.05, 3.63) is 0 Å². The Kier molecular flexibility index (Phi) is 9.76. The zero-order valence-corrected chi connectivity index (χ0v) is 16.6. The third kappa shape index (κ3) is 8.02. The van der Waals surface area contributed by atoms with Crippen molar-refractivity contribution in [2.75, 3.05) is 24.6 Å². The molecular formula is C19H39NO2S. The number of nitrogens with zero attached hydrogens (tertiary/aromatic N) is 1. The van der Waals surface area contributed by atoms with Crippen LogP contribution in [0, 0.1) is 0 Å². The molecule has 23 heavy (non-hydrogen) atoms. The first-order valence-electron chi connectivity index (χ1n) is 9.89. The Morgan fingerprint density at radius 3 is 1.70 bits per heavy atom. The fourth-order valence-corrected chi connectivity index (χ4v) is 4.94. The molecule has 0 aliphatic carbocycles. The molecule has 0 amide bonds. The molecule has 4 heteroatoms. The van der Waals surface area contributed by atoms with Gasteiger partial charge in [0, 0.05) is 18.6 Å². The van der Waals surface area contributed by atoms with Gasteiger partial charge in [-0.2, -0.15) is 0 Å². The van der Waals surface area contributed by atoms with Crippen molar-refractivity contribution in [2.24, 2.45) is 0 Å². The van der Waals surface area contributed by atoms with Gasteiger partial charge < -0.3 is 0 Å². The topological polar surface area (TPSA) is 37.4 Å². The Labute approximate surface area is 145 Å². The summed E-state index contributed by atoms with van der Waals surface area (Å²) in [6.07, 6.45) is 14.2. The Bertz CT molecular complexity index is 394. The highest BCUT2D eigenvalue weighted by Crippen LogP contribution is 2.30. The molecule has 3 nitrogen and oxygen atoms in total. The second-order valence-corrected chi connectivity index (χ2v) is 9.91. The number of sulfone groups is 1. The van der Waals surface area contributed by atoms with Crippen LogP contribution >= 0.6 is 0 Å². The van der Waals surface area contributed by atoms with Crippen LogP contribution in [0.4, 0.5) is 0 Å². The van der Waals surface area contributed by atoms with Crippen molar-refractivity contribution >= 4 is 9.84 Å². The highest BCUT2D eigenvalue weighted by atomic mass is 32.2. The lowest BCUT2D eigenvalue weighted by Gasteiger charge is -2.44. The van der Waals surface area contributed by atoms with Crippen LogP contribution in [0.1, 0.15) is 91.4 Å². The van der Waals surface area contributed by atoms with E-state index in [-0.39, 0.29) is 5.54 Å². The van der Waals surface area contributed by atoms with Crippen LogP contribution in [0.3, 0.4) is 0 Å². The van der Waals surface area contributed by atoms with E-state index in [1.54, 1.807) is 0 Å². The molecule has 1 saturated heterocycles. The van der Waals surface area contributed by atoms with Gasteiger partial charge in [-0.15, -0.1) is 0 Å². The predicted molar refractivity (Wildman–Crippen MR) is 101 cm³/mol. The summed E-state index contributed by atoms with van der Waals surface area (Å²) in [5, 5.41) is 0. The molecule has 0 spiro atoms. The molecule has 0 aromatic rings. The molecule has 0 N–H and O–H groups in total. The summed E-state index contributed by atoms with van der Waals surface area (Å²) >= 11 is 0. The first-order chi connectivity index (χ1) is 10.9. The minimum absolute atomic E-state index is 0.204. The zero-order valence-electron chi connectivity index (χ0n) is 15.8. The molecule has 1 rings (SSSR count). The third-order valence-corrected chi connectivity index (χ3v) is 7.10. The van der Waals surface area contributed by atoms with E-state index >= 15 is 0 Å². The summed E-state index contributed by atoms with van der Waals surface area (Å²) in [7, 11) is -2.78. The molecule has 0 aromatic carbocycles. The van der Waals surface area contributed by atoms with E-state index in [1.165, 1.54) is 70.6 Å². The van der Waals surface area contributed by atoms with Gasteiger partial charge in [-0.25, -0.2) is 8.42 Å². The van der Waals surface area contributed by atoms with Gasteiger partial charge >= 0.3 is 0 Å². The van der Waals surface area contributed by atoms with Crippen LogP contribution in [-0.4, -0.2) is 43.5 Å². The molecule has 1 heterocycles. The smallest absolute Gasteiger partial charge is 0.152 e. The number of hydrogen-bond acceptors (Lipinski definition) is 3. The fourth-order valence-electron chi connectivity index (χ4n) is 3.74. The van der Waals surface area contributed by atoms with Crippen LogP contribution in [0.15, 0.2) is 0 Å². The van der Waals surface area contributed by atoms with Gasteiger partial charge in [-0.05, 0) is 19.8 Å².